The molecular weight excluding hydrogens is 1030 g/mol. The normalized spacial score (nSPS) is 33.9. The van der Waals surface area contributed by atoms with Crippen LogP contribution < -0.4 is 0 Å². The van der Waals surface area contributed by atoms with Gasteiger partial charge in [0.25, 0.3) is 0 Å². The maximum Gasteiger partial charge on any atom is 0.119 e. The Labute approximate surface area is 256 Å². The Bertz CT molecular complexity index is 747. The number of allylic oxidation sites excluding steroid dienone is 4. The molecule has 0 spiro atoms. The maximum absolute atomic E-state index is 7.28. The fourth-order valence-corrected chi connectivity index (χ4v) is 11.8. The molecule has 0 aliphatic heterocycles. The summed E-state index contributed by atoms with van der Waals surface area (Å²) in [7, 11) is 0. The van der Waals surface area contributed by atoms with E-state index < -0.39 is 11.2 Å². The highest BCUT2D eigenvalue weighted by Crippen LogP contribution is 2.60. The van der Waals surface area contributed by atoms with Gasteiger partial charge in [0.1, 0.15) is 11.2 Å². The van der Waals surface area contributed by atoms with Crippen LogP contribution in [0.15, 0.2) is 35.9 Å². The van der Waals surface area contributed by atoms with Gasteiger partial charge in [-0.3, -0.25) is 0 Å². The summed E-state index contributed by atoms with van der Waals surface area (Å²) in [6.07, 6.45) is 3.54. The van der Waals surface area contributed by atoms with Crippen molar-refractivity contribution in [1.29, 1.82) is 0 Å². The summed E-state index contributed by atoms with van der Waals surface area (Å²) in [6.45, 7) is 4.35. The van der Waals surface area contributed by atoms with E-state index in [0.29, 0.717) is 0 Å². The zero-order chi connectivity index (χ0) is 22.3. The third-order valence-corrected chi connectivity index (χ3v) is 18.7. The van der Waals surface area contributed by atoms with Crippen molar-refractivity contribution < 1.29 is 4.74 Å². The highest BCUT2D eigenvalue weighted by Gasteiger charge is 2.56. The average Bonchev–Trinajstić information content (AvgIpc) is 2.71. The standard InChI is InChI=1S/C18H16Br10O/c1-3-5-17(13(25)9(21)7(19)10(22)14(17)26)29-18(6-4-2)15(27)11(23)8(20)12(24)16(18)28/h13,15H,3-6H2,1-2H3. The molecule has 0 saturated heterocycles. The highest BCUT2D eigenvalue weighted by atomic mass is 79.9. The minimum atomic E-state index is -0.631. The van der Waals surface area contributed by atoms with Crippen LogP contribution in [-0.2, 0) is 4.74 Å². The van der Waals surface area contributed by atoms with E-state index in [1.807, 2.05) is 0 Å². The summed E-state index contributed by atoms with van der Waals surface area (Å²) in [4.78, 5) is -0.166. The predicted octanol–water partition coefficient (Wildman–Crippen LogP) is 11.6. The Balaban J connectivity index is 2.76. The molecule has 0 bridgehead atoms. The van der Waals surface area contributed by atoms with E-state index >= 15 is 0 Å². The molecule has 0 saturated carbocycles. The predicted molar refractivity (Wildman–Crippen MR) is 161 cm³/mol. The van der Waals surface area contributed by atoms with Crippen molar-refractivity contribution in [3.63, 3.8) is 0 Å². The largest absolute Gasteiger partial charge is 0.355 e. The van der Waals surface area contributed by atoms with E-state index in [4.69, 9.17) is 4.74 Å². The zero-order valence-corrected chi connectivity index (χ0v) is 31.0. The molecule has 0 N–H and O–H groups in total. The van der Waals surface area contributed by atoms with Crippen molar-refractivity contribution in [3.05, 3.63) is 35.9 Å². The molecule has 2 rings (SSSR count). The van der Waals surface area contributed by atoms with Crippen LogP contribution in [0, 0.1) is 0 Å². The maximum atomic E-state index is 7.28. The van der Waals surface area contributed by atoms with E-state index in [0.717, 1.165) is 61.5 Å². The minimum absolute atomic E-state index is 0.0828. The third kappa shape index (κ3) is 5.16. The van der Waals surface area contributed by atoms with Gasteiger partial charge in [-0.2, -0.15) is 0 Å². The van der Waals surface area contributed by atoms with E-state index in [9.17, 15) is 0 Å². The molecule has 1 nitrogen and oxygen atoms in total. The van der Waals surface area contributed by atoms with Gasteiger partial charge < -0.3 is 4.74 Å². The first-order chi connectivity index (χ1) is 13.4. The van der Waals surface area contributed by atoms with Crippen LogP contribution in [0.3, 0.4) is 0 Å². The molecule has 29 heavy (non-hydrogen) atoms. The second-order valence-electron chi connectivity index (χ2n) is 6.69. The van der Waals surface area contributed by atoms with Crippen molar-refractivity contribution in [3.8, 4) is 0 Å². The Morgan fingerprint density at radius 2 is 0.931 bits per heavy atom. The molecule has 0 heterocycles. The van der Waals surface area contributed by atoms with Gasteiger partial charge in [0, 0.05) is 35.9 Å². The Kier molecular flexibility index (Phi) is 11.6. The number of rotatable bonds is 6. The van der Waals surface area contributed by atoms with Gasteiger partial charge in [-0.05, 0) is 76.6 Å². The minimum Gasteiger partial charge on any atom is -0.355 e. The van der Waals surface area contributed by atoms with Crippen LogP contribution in [0.5, 0.6) is 0 Å². The first-order valence-electron chi connectivity index (χ1n) is 8.63. The van der Waals surface area contributed by atoms with Crippen LogP contribution in [0.4, 0.5) is 0 Å². The van der Waals surface area contributed by atoms with Gasteiger partial charge in [0.05, 0.1) is 9.65 Å². The summed E-state index contributed by atoms with van der Waals surface area (Å²) < 4.78 is 15.0. The van der Waals surface area contributed by atoms with E-state index in [2.05, 4.69) is 173 Å². The lowest BCUT2D eigenvalue weighted by atomic mass is 9.84. The summed E-state index contributed by atoms with van der Waals surface area (Å²) in [5.74, 6) is 0. The average molecular weight is 1050 g/mol. The summed E-state index contributed by atoms with van der Waals surface area (Å²) >= 11 is 38.0. The topological polar surface area (TPSA) is 9.23 Å². The Hall–Kier alpha value is 3.72. The fraction of sp³-hybridized carbons (Fsp3) is 0.556. The molecule has 11 heteroatoms. The lowest BCUT2D eigenvalue weighted by molar-refractivity contribution is -0.111. The van der Waals surface area contributed by atoms with Crippen LogP contribution >= 0.6 is 159 Å². The fourth-order valence-electron chi connectivity index (χ4n) is 3.46. The van der Waals surface area contributed by atoms with Crippen LogP contribution in [0.1, 0.15) is 39.5 Å². The van der Waals surface area contributed by atoms with Crippen molar-refractivity contribution in [2.45, 2.75) is 60.4 Å². The third-order valence-electron chi connectivity index (χ3n) is 4.80. The Morgan fingerprint density at radius 1 is 0.621 bits per heavy atom. The molecule has 164 valence electrons. The smallest absolute Gasteiger partial charge is 0.119 e. The number of hydrogen-bond donors (Lipinski definition) is 0. The first-order valence-corrected chi connectivity index (χ1v) is 16.8. The van der Waals surface area contributed by atoms with E-state index in [1.165, 1.54) is 0 Å². The monoisotopic (exact) mass is 1040 g/mol. The molecule has 4 unspecified atom stereocenters. The van der Waals surface area contributed by atoms with Gasteiger partial charge >= 0.3 is 0 Å². The number of hydrogen-bond acceptors (Lipinski definition) is 1. The van der Waals surface area contributed by atoms with Gasteiger partial charge in [-0.15, -0.1) is 0 Å². The number of halogens is 10. The van der Waals surface area contributed by atoms with Gasteiger partial charge in [-0.25, -0.2) is 0 Å². The van der Waals surface area contributed by atoms with Gasteiger partial charge in [-0.1, -0.05) is 122 Å². The van der Waals surface area contributed by atoms with Crippen LogP contribution in [0.2, 0.25) is 0 Å². The lowest BCUT2D eigenvalue weighted by Crippen LogP contribution is -2.56. The van der Waals surface area contributed by atoms with Crippen LogP contribution in [-0.4, -0.2) is 20.9 Å². The SMILES string of the molecule is CCCC1(OC2(CCC)C(Br)=C(Br)C(Br)=C(Br)C2Br)C(Br)=C(Br)C(Br)=C(Br)C1Br. The molecule has 4 atom stereocenters. The second kappa shape index (κ2) is 11.6. The molecule has 0 aromatic rings. The van der Waals surface area contributed by atoms with Gasteiger partial charge in [0.15, 0.2) is 0 Å². The van der Waals surface area contributed by atoms with Crippen molar-refractivity contribution in [2.75, 3.05) is 0 Å². The first kappa shape index (κ1) is 29.0. The summed E-state index contributed by atoms with van der Waals surface area (Å²) in [5, 5.41) is 0. The van der Waals surface area contributed by atoms with E-state index in [-0.39, 0.29) is 9.65 Å². The molecule has 0 amide bonds. The molecule has 0 fully saturated rings. The lowest BCUT2D eigenvalue weighted by Gasteiger charge is -2.51. The second-order valence-corrected chi connectivity index (χ2v) is 15.0. The highest BCUT2D eigenvalue weighted by molar-refractivity contribution is 9.18. The quantitative estimate of drug-likeness (QED) is 0.241. The number of ether oxygens (including phenoxy) is 1. The van der Waals surface area contributed by atoms with E-state index in [1.54, 1.807) is 0 Å². The van der Waals surface area contributed by atoms with Crippen molar-refractivity contribution in [1.82, 2.24) is 0 Å². The molecule has 0 aromatic carbocycles. The molecule has 0 aromatic heterocycles. The summed E-state index contributed by atoms with van der Waals surface area (Å²) in [5.41, 5.74) is -1.26. The molecule has 2 aliphatic rings. The number of alkyl halides is 2. The van der Waals surface area contributed by atoms with Crippen molar-refractivity contribution in [2.24, 2.45) is 0 Å². The Morgan fingerprint density at radius 3 is 1.21 bits per heavy atom. The zero-order valence-electron chi connectivity index (χ0n) is 15.2. The molecule has 2 aliphatic carbocycles. The van der Waals surface area contributed by atoms with Crippen molar-refractivity contribution >= 4 is 159 Å². The molecule has 0 radical (unpaired) electrons. The van der Waals surface area contributed by atoms with Gasteiger partial charge in [0.2, 0.25) is 0 Å². The van der Waals surface area contributed by atoms with Crippen LogP contribution in [0.25, 0.3) is 0 Å². The summed E-state index contributed by atoms with van der Waals surface area (Å²) in [6, 6.07) is 0. The molecular formula is C18H16Br10O.